The molecule has 2 aromatic rings. The van der Waals surface area contributed by atoms with Crippen molar-refractivity contribution in [2.75, 3.05) is 0 Å². The van der Waals surface area contributed by atoms with Crippen LogP contribution in [0.3, 0.4) is 0 Å². The van der Waals surface area contributed by atoms with Crippen molar-refractivity contribution in [3.8, 4) is 0 Å². The molecule has 1 aromatic carbocycles. The Morgan fingerprint density at radius 1 is 0.833 bits per heavy atom. The van der Waals surface area contributed by atoms with Crippen LogP contribution < -0.4 is 0 Å². The van der Waals surface area contributed by atoms with Crippen LogP contribution in [0.15, 0.2) is 18.5 Å². The quantitative estimate of drug-likeness (QED) is 0.577. The summed E-state index contributed by atoms with van der Waals surface area (Å²) in [6, 6.07) is 4.69. The summed E-state index contributed by atoms with van der Waals surface area (Å²) in [6.07, 6.45) is 16.7. The van der Waals surface area contributed by atoms with E-state index in [0.717, 1.165) is 11.3 Å². The zero-order valence-electron chi connectivity index (χ0n) is 15.3. The number of aromatic nitrogens is 2. The van der Waals surface area contributed by atoms with Crippen molar-refractivity contribution >= 4 is 19.1 Å². The third-order valence-electron chi connectivity index (χ3n) is 6.29. The van der Waals surface area contributed by atoms with Crippen LogP contribution in [0, 0.1) is 13.8 Å². The fraction of sp³-hybridized carbons (Fsp3) is 0.667. The van der Waals surface area contributed by atoms with Crippen LogP contribution in [-0.4, -0.2) is 20.6 Å². The van der Waals surface area contributed by atoms with Crippen molar-refractivity contribution < 1.29 is 0 Å². The molecule has 4 rings (SSSR count). The van der Waals surface area contributed by atoms with E-state index in [1.54, 1.807) is 0 Å². The van der Waals surface area contributed by atoms with Gasteiger partial charge in [-0.1, -0.05) is 38.5 Å². The van der Waals surface area contributed by atoms with Gasteiger partial charge in [0.05, 0.1) is 17.4 Å². The monoisotopic (exact) mass is 342 g/mol. The van der Waals surface area contributed by atoms with E-state index < -0.39 is 0 Å². The van der Waals surface area contributed by atoms with Gasteiger partial charge in [-0.3, -0.25) is 0 Å². The first-order valence-corrected chi connectivity index (χ1v) is 11.4. The first-order valence-electron chi connectivity index (χ1n) is 9.97. The van der Waals surface area contributed by atoms with Gasteiger partial charge in [0.1, 0.15) is 0 Å². The molecule has 2 saturated carbocycles. The van der Waals surface area contributed by atoms with Gasteiger partial charge in [0.2, 0.25) is 0 Å². The lowest BCUT2D eigenvalue weighted by atomic mass is 10.00. The molecule has 0 atom stereocenters. The Bertz CT molecular complexity index is 675. The molecule has 0 amide bonds. The van der Waals surface area contributed by atoms with Gasteiger partial charge < -0.3 is 4.34 Å². The normalized spacial score (nSPS) is 21.0. The van der Waals surface area contributed by atoms with Gasteiger partial charge in [-0.2, -0.15) is 0 Å². The van der Waals surface area contributed by atoms with Crippen molar-refractivity contribution in [3.63, 3.8) is 0 Å². The van der Waals surface area contributed by atoms with Crippen molar-refractivity contribution in [2.24, 2.45) is 0 Å². The average Bonchev–Trinajstić information content (AvgIpc) is 3.00. The maximum Gasteiger partial charge on any atom is 0.0992 e. The largest absolute Gasteiger partial charge is 0.308 e. The fourth-order valence-electron chi connectivity index (χ4n) is 4.78. The van der Waals surface area contributed by atoms with Gasteiger partial charge in [-0.05, 0) is 74.1 Å². The Morgan fingerprint density at radius 3 is 1.96 bits per heavy atom. The number of fused-ring (bicyclic) bond motifs is 1. The van der Waals surface area contributed by atoms with E-state index in [2.05, 4.69) is 36.6 Å². The Hall–Kier alpha value is -0.880. The van der Waals surface area contributed by atoms with Gasteiger partial charge in [-0.15, -0.1) is 0 Å². The number of hydrogen-bond donors (Lipinski definition) is 0. The number of imidazole rings is 1. The molecule has 130 valence electrons. The van der Waals surface area contributed by atoms with Crippen molar-refractivity contribution in [2.45, 2.75) is 89.4 Å². The van der Waals surface area contributed by atoms with E-state index in [0.29, 0.717) is 0 Å². The summed E-state index contributed by atoms with van der Waals surface area (Å²) in [5.74, 6) is 0. The zero-order chi connectivity index (χ0) is 16.5. The number of rotatable bonds is 3. The van der Waals surface area contributed by atoms with Crippen molar-refractivity contribution in [1.82, 2.24) is 9.32 Å². The van der Waals surface area contributed by atoms with E-state index in [9.17, 15) is 0 Å². The van der Waals surface area contributed by atoms with Gasteiger partial charge in [-0.25, -0.2) is 4.98 Å². The summed E-state index contributed by atoms with van der Waals surface area (Å²) in [5.41, 5.74) is 7.24. The molecule has 0 saturated heterocycles. The predicted octanol–water partition coefficient (Wildman–Crippen LogP) is 6.56. The second-order valence-electron chi connectivity index (χ2n) is 7.98. The summed E-state index contributed by atoms with van der Waals surface area (Å²) < 4.78 is 2.66. The third-order valence-corrected chi connectivity index (χ3v) is 9.64. The molecule has 0 bridgehead atoms. The molecule has 0 unspecified atom stereocenters. The fourth-order valence-corrected chi connectivity index (χ4v) is 8.45. The van der Waals surface area contributed by atoms with Crippen LogP contribution in [0.1, 0.15) is 75.3 Å². The molecular weight excluding hydrogens is 311 g/mol. The van der Waals surface area contributed by atoms with Gasteiger partial charge in [0, 0.05) is 8.07 Å². The van der Waals surface area contributed by atoms with Gasteiger partial charge >= 0.3 is 0 Å². The molecule has 2 aliphatic rings. The molecule has 2 nitrogen and oxygen atoms in total. The first kappa shape index (κ1) is 16.6. The summed E-state index contributed by atoms with van der Waals surface area (Å²) in [6.45, 7) is 4.45. The highest BCUT2D eigenvalue weighted by Gasteiger charge is 2.33. The lowest BCUT2D eigenvalue weighted by Crippen LogP contribution is -2.23. The van der Waals surface area contributed by atoms with Crippen LogP contribution in [0.25, 0.3) is 11.0 Å². The summed E-state index contributed by atoms with van der Waals surface area (Å²) in [4.78, 5) is 4.81. The molecule has 1 aromatic heterocycles. The first-order chi connectivity index (χ1) is 11.7. The standard InChI is InChI=1S/C21H31N2P/c1-16-13-20-21(14-17(16)2)23(15-22-20)24(18-9-5-3-6-10-18)19-11-7-4-8-12-19/h13-15,18-19H,3-12H2,1-2H3. The number of benzene rings is 1. The minimum atomic E-state index is -0.123. The van der Waals surface area contributed by atoms with E-state index in [1.165, 1.54) is 86.4 Å². The minimum absolute atomic E-state index is 0.123. The number of nitrogens with zero attached hydrogens (tertiary/aromatic N) is 2. The second-order valence-corrected chi connectivity index (χ2v) is 10.6. The highest BCUT2D eigenvalue weighted by atomic mass is 31.1. The third kappa shape index (κ3) is 3.15. The van der Waals surface area contributed by atoms with Crippen molar-refractivity contribution in [1.29, 1.82) is 0 Å². The Morgan fingerprint density at radius 2 is 1.38 bits per heavy atom. The maximum atomic E-state index is 4.81. The maximum absolute atomic E-state index is 4.81. The lowest BCUT2D eigenvalue weighted by molar-refractivity contribution is 0.482. The summed E-state index contributed by atoms with van der Waals surface area (Å²) >= 11 is 0. The van der Waals surface area contributed by atoms with Crippen LogP contribution in [0.2, 0.25) is 0 Å². The topological polar surface area (TPSA) is 17.8 Å². The highest BCUT2D eigenvalue weighted by Crippen LogP contribution is 2.57. The molecule has 24 heavy (non-hydrogen) atoms. The van der Waals surface area contributed by atoms with E-state index >= 15 is 0 Å². The predicted molar refractivity (Wildman–Crippen MR) is 105 cm³/mol. The lowest BCUT2D eigenvalue weighted by Gasteiger charge is -2.39. The van der Waals surface area contributed by atoms with Crippen LogP contribution in [-0.2, 0) is 0 Å². The van der Waals surface area contributed by atoms with Crippen LogP contribution >= 0.6 is 8.07 Å². The Labute approximate surface area is 147 Å². The van der Waals surface area contributed by atoms with Gasteiger partial charge in [0.25, 0.3) is 0 Å². The average molecular weight is 342 g/mol. The molecule has 2 fully saturated rings. The smallest absolute Gasteiger partial charge is 0.0992 e. The van der Waals surface area contributed by atoms with Crippen LogP contribution in [0.5, 0.6) is 0 Å². The SMILES string of the molecule is Cc1cc2ncn(P(C3CCCCC3)C3CCCCC3)c2cc1C. The number of aryl methyl sites for hydroxylation is 2. The van der Waals surface area contributed by atoms with E-state index in [-0.39, 0.29) is 8.07 Å². The summed E-state index contributed by atoms with van der Waals surface area (Å²) in [7, 11) is -0.123. The molecule has 3 heteroatoms. The Kier molecular flexibility index (Phi) is 4.95. The van der Waals surface area contributed by atoms with E-state index in [1.807, 2.05) is 0 Å². The van der Waals surface area contributed by atoms with E-state index in [4.69, 9.17) is 4.98 Å². The Balaban J connectivity index is 1.75. The minimum Gasteiger partial charge on any atom is -0.308 e. The molecule has 0 N–H and O–H groups in total. The highest BCUT2D eigenvalue weighted by molar-refractivity contribution is 7.57. The molecule has 2 aliphatic carbocycles. The molecular formula is C21H31N2P. The van der Waals surface area contributed by atoms with Crippen molar-refractivity contribution in [3.05, 3.63) is 29.6 Å². The van der Waals surface area contributed by atoms with Gasteiger partial charge in [0.15, 0.2) is 0 Å². The molecule has 0 radical (unpaired) electrons. The molecule has 0 aliphatic heterocycles. The second kappa shape index (κ2) is 7.16. The molecule has 1 heterocycles. The summed E-state index contributed by atoms with van der Waals surface area (Å²) in [5, 5.41) is 0. The zero-order valence-corrected chi connectivity index (χ0v) is 16.2. The number of hydrogen-bond acceptors (Lipinski definition) is 1. The van der Waals surface area contributed by atoms with Crippen LogP contribution in [0.4, 0.5) is 0 Å². The molecule has 0 spiro atoms.